The topological polar surface area (TPSA) is 45.0 Å². The molecule has 0 aromatic carbocycles. The molecule has 0 spiro atoms. The summed E-state index contributed by atoms with van der Waals surface area (Å²) in [5.74, 6) is 0.212. The van der Waals surface area contributed by atoms with Gasteiger partial charge in [0.1, 0.15) is 6.10 Å². The van der Waals surface area contributed by atoms with Crippen LogP contribution in [0.25, 0.3) is 0 Å². The Morgan fingerprint density at radius 2 is 2.33 bits per heavy atom. The van der Waals surface area contributed by atoms with Gasteiger partial charge in [0.15, 0.2) is 0 Å². The van der Waals surface area contributed by atoms with Crippen LogP contribution in [-0.2, 0) is 4.74 Å². The fourth-order valence-electron chi connectivity index (χ4n) is 2.38. The number of allylic oxidation sites excluding steroid dienone is 1. The van der Waals surface area contributed by atoms with E-state index in [0.717, 1.165) is 32.2 Å². The molecule has 3 heteroatoms. The van der Waals surface area contributed by atoms with Crippen LogP contribution in [0.15, 0.2) is 12.3 Å². The first-order chi connectivity index (χ1) is 7.40. The van der Waals surface area contributed by atoms with E-state index in [1.807, 2.05) is 0 Å². The zero-order valence-corrected chi connectivity index (χ0v) is 8.98. The van der Waals surface area contributed by atoms with Gasteiger partial charge < -0.3 is 10.1 Å². The molecule has 3 nitrogen and oxygen atoms in total. The molecular weight excluding hydrogens is 188 g/mol. The highest BCUT2D eigenvalue weighted by Gasteiger charge is 2.27. The minimum absolute atomic E-state index is 0.212. The van der Waals surface area contributed by atoms with Gasteiger partial charge in [-0.1, -0.05) is 6.42 Å². The molecule has 1 aliphatic carbocycles. The summed E-state index contributed by atoms with van der Waals surface area (Å²) in [5, 5.41) is 12.4. The van der Waals surface area contributed by atoms with Crippen LogP contribution in [0, 0.1) is 17.2 Å². The summed E-state index contributed by atoms with van der Waals surface area (Å²) in [6.07, 6.45) is 9.74. The fourth-order valence-corrected chi connectivity index (χ4v) is 2.38. The Morgan fingerprint density at radius 1 is 1.40 bits per heavy atom. The molecule has 0 aromatic rings. The first-order valence-electron chi connectivity index (χ1n) is 5.83. The molecule has 1 aliphatic heterocycles. The van der Waals surface area contributed by atoms with Gasteiger partial charge in [-0.2, -0.15) is 5.26 Å². The van der Waals surface area contributed by atoms with Crippen molar-refractivity contribution in [3.8, 4) is 6.07 Å². The van der Waals surface area contributed by atoms with Crippen molar-refractivity contribution in [1.29, 1.82) is 5.26 Å². The molecule has 1 heterocycles. The van der Waals surface area contributed by atoms with Crippen molar-refractivity contribution in [2.24, 2.45) is 5.92 Å². The highest BCUT2D eigenvalue weighted by Crippen LogP contribution is 2.25. The smallest absolute Gasteiger partial charge is 0.110 e. The second-order valence-electron chi connectivity index (χ2n) is 4.39. The molecule has 0 radical (unpaired) electrons. The van der Waals surface area contributed by atoms with E-state index >= 15 is 0 Å². The third-order valence-corrected chi connectivity index (χ3v) is 3.31. The Kier molecular flexibility index (Phi) is 3.63. The first kappa shape index (κ1) is 10.5. The Balaban J connectivity index is 1.73. The number of nitrogens with one attached hydrogen (secondary N) is 1. The third-order valence-electron chi connectivity index (χ3n) is 3.31. The molecule has 0 amide bonds. The molecule has 1 fully saturated rings. The second kappa shape index (κ2) is 5.18. The summed E-state index contributed by atoms with van der Waals surface area (Å²) in [6.45, 7) is 0.882. The second-order valence-corrected chi connectivity index (χ2v) is 4.39. The minimum atomic E-state index is 0.212. The van der Waals surface area contributed by atoms with Gasteiger partial charge in [0.05, 0.1) is 18.2 Å². The molecule has 1 N–H and O–H groups in total. The zero-order chi connectivity index (χ0) is 10.5. The molecule has 2 aliphatic rings. The van der Waals surface area contributed by atoms with E-state index < -0.39 is 0 Å². The van der Waals surface area contributed by atoms with Crippen LogP contribution in [0.2, 0.25) is 0 Å². The van der Waals surface area contributed by atoms with Gasteiger partial charge in [0.25, 0.3) is 0 Å². The lowest BCUT2D eigenvalue weighted by Gasteiger charge is -2.23. The molecule has 82 valence electrons. The number of ether oxygens (including phenoxy) is 1. The molecule has 0 bridgehead atoms. The van der Waals surface area contributed by atoms with Gasteiger partial charge in [-0.3, -0.25) is 0 Å². The predicted molar refractivity (Wildman–Crippen MR) is 58.0 cm³/mol. The first-order valence-corrected chi connectivity index (χ1v) is 5.83. The summed E-state index contributed by atoms with van der Waals surface area (Å²) in [6, 6.07) is 2.78. The van der Waals surface area contributed by atoms with Crippen molar-refractivity contribution in [2.45, 2.75) is 44.2 Å². The lowest BCUT2D eigenvalue weighted by Crippen LogP contribution is -2.38. The maximum Gasteiger partial charge on any atom is 0.110 e. The Hall–Kier alpha value is -1.01. The SMILES string of the molecule is N#CC1CCCC1NCC1CCC=CO1. The van der Waals surface area contributed by atoms with Gasteiger partial charge in [-0.25, -0.2) is 0 Å². The van der Waals surface area contributed by atoms with Crippen LogP contribution in [0.4, 0.5) is 0 Å². The van der Waals surface area contributed by atoms with Crippen molar-refractivity contribution >= 4 is 0 Å². The lowest BCUT2D eigenvalue weighted by atomic mass is 10.1. The van der Waals surface area contributed by atoms with E-state index in [1.165, 1.54) is 6.42 Å². The van der Waals surface area contributed by atoms with Gasteiger partial charge in [-0.15, -0.1) is 0 Å². The van der Waals surface area contributed by atoms with Crippen LogP contribution in [0.3, 0.4) is 0 Å². The monoisotopic (exact) mass is 206 g/mol. The zero-order valence-electron chi connectivity index (χ0n) is 8.98. The average Bonchev–Trinajstić information content (AvgIpc) is 2.75. The van der Waals surface area contributed by atoms with Crippen LogP contribution in [0.1, 0.15) is 32.1 Å². The standard InChI is InChI=1S/C12H18N2O/c13-8-10-4-3-6-12(10)14-9-11-5-1-2-7-15-11/h2,7,10-12,14H,1,3-6,9H2. The number of rotatable bonds is 3. The molecule has 2 rings (SSSR count). The summed E-state index contributed by atoms with van der Waals surface area (Å²) in [4.78, 5) is 0. The molecular formula is C12H18N2O. The normalized spacial score (nSPS) is 34.7. The number of hydrogen-bond donors (Lipinski definition) is 1. The minimum Gasteiger partial charge on any atom is -0.497 e. The van der Waals surface area contributed by atoms with Crippen molar-refractivity contribution < 1.29 is 4.74 Å². The Bertz CT molecular complexity index is 269. The van der Waals surface area contributed by atoms with Gasteiger partial charge in [0, 0.05) is 12.6 Å². The van der Waals surface area contributed by atoms with Crippen molar-refractivity contribution in [3.63, 3.8) is 0 Å². The maximum absolute atomic E-state index is 8.94. The van der Waals surface area contributed by atoms with Crippen molar-refractivity contribution in [1.82, 2.24) is 5.32 Å². The molecule has 0 saturated heterocycles. The number of nitriles is 1. The molecule has 0 aromatic heterocycles. The molecule has 15 heavy (non-hydrogen) atoms. The number of nitrogens with zero attached hydrogens (tertiary/aromatic N) is 1. The molecule has 3 unspecified atom stereocenters. The third kappa shape index (κ3) is 2.73. The van der Waals surface area contributed by atoms with E-state index in [-0.39, 0.29) is 5.92 Å². The summed E-state index contributed by atoms with van der Waals surface area (Å²) < 4.78 is 5.48. The Morgan fingerprint density at radius 3 is 3.07 bits per heavy atom. The van der Waals surface area contributed by atoms with Crippen LogP contribution in [0.5, 0.6) is 0 Å². The van der Waals surface area contributed by atoms with Crippen molar-refractivity contribution in [2.75, 3.05) is 6.54 Å². The average molecular weight is 206 g/mol. The lowest BCUT2D eigenvalue weighted by molar-refractivity contribution is 0.118. The highest BCUT2D eigenvalue weighted by molar-refractivity contribution is 4.97. The maximum atomic E-state index is 8.94. The van der Waals surface area contributed by atoms with E-state index in [1.54, 1.807) is 6.26 Å². The summed E-state index contributed by atoms with van der Waals surface area (Å²) in [5.41, 5.74) is 0. The van der Waals surface area contributed by atoms with Gasteiger partial charge >= 0.3 is 0 Å². The fraction of sp³-hybridized carbons (Fsp3) is 0.750. The van der Waals surface area contributed by atoms with Crippen LogP contribution < -0.4 is 5.32 Å². The quantitative estimate of drug-likeness (QED) is 0.767. The van der Waals surface area contributed by atoms with Crippen LogP contribution in [-0.4, -0.2) is 18.7 Å². The van der Waals surface area contributed by atoms with E-state index in [2.05, 4.69) is 17.5 Å². The predicted octanol–water partition coefficient (Wildman–Crippen LogP) is 1.96. The van der Waals surface area contributed by atoms with E-state index in [4.69, 9.17) is 10.00 Å². The van der Waals surface area contributed by atoms with Gasteiger partial charge in [-0.05, 0) is 31.8 Å². The summed E-state index contributed by atoms with van der Waals surface area (Å²) >= 11 is 0. The van der Waals surface area contributed by atoms with Crippen molar-refractivity contribution in [3.05, 3.63) is 12.3 Å². The van der Waals surface area contributed by atoms with Gasteiger partial charge in [0.2, 0.25) is 0 Å². The molecule has 3 atom stereocenters. The highest BCUT2D eigenvalue weighted by atomic mass is 16.5. The van der Waals surface area contributed by atoms with E-state index in [0.29, 0.717) is 12.1 Å². The van der Waals surface area contributed by atoms with Crippen LogP contribution >= 0.6 is 0 Å². The summed E-state index contributed by atoms with van der Waals surface area (Å²) in [7, 11) is 0. The largest absolute Gasteiger partial charge is 0.497 e. The Labute approximate surface area is 91.1 Å². The number of hydrogen-bond acceptors (Lipinski definition) is 3. The van der Waals surface area contributed by atoms with E-state index in [9.17, 15) is 0 Å². The molecule has 1 saturated carbocycles.